The van der Waals surface area contributed by atoms with E-state index in [1.165, 1.54) is 0 Å². The van der Waals surface area contributed by atoms with Gasteiger partial charge in [-0.25, -0.2) is 4.98 Å². The number of halogens is 1. The van der Waals surface area contributed by atoms with Gasteiger partial charge in [0, 0.05) is 11.9 Å². The Hall–Kier alpha value is -3.23. The smallest absolute Gasteiger partial charge is 0.230 e. The largest absolute Gasteiger partial charge is 0.424 e. The molecule has 6 heteroatoms. The number of rotatable bonds is 2. The molecule has 27 heavy (non-hydrogen) atoms. The van der Waals surface area contributed by atoms with Crippen LogP contribution in [0.15, 0.2) is 64.3 Å². The Morgan fingerprint density at radius 2 is 1.78 bits per heavy atom. The Balaban J connectivity index is 1.95. The number of aryl methyl sites for hydroxylation is 2. The van der Waals surface area contributed by atoms with E-state index in [1.807, 2.05) is 43.3 Å². The third-order valence-corrected chi connectivity index (χ3v) is 4.89. The van der Waals surface area contributed by atoms with E-state index in [1.54, 1.807) is 24.0 Å². The van der Waals surface area contributed by atoms with Gasteiger partial charge in [-0.1, -0.05) is 41.4 Å². The summed E-state index contributed by atoms with van der Waals surface area (Å²) >= 11 is 6.03. The van der Waals surface area contributed by atoms with Crippen LogP contribution < -0.4 is 10.6 Å². The van der Waals surface area contributed by atoms with Gasteiger partial charge < -0.3 is 10.2 Å². The number of benzene rings is 2. The molecule has 0 radical (unpaired) electrons. The number of nitrogens with zero attached hydrogens (tertiary/aromatic N) is 3. The van der Waals surface area contributed by atoms with Crippen molar-refractivity contribution in [1.29, 1.82) is 5.26 Å². The van der Waals surface area contributed by atoms with Crippen LogP contribution in [0.3, 0.4) is 0 Å². The number of hydrogen-bond donors (Lipinski definition) is 1. The van der Waals surface area contributed by atoms with Gasteiger partial charge in [0.15, 0.2) is 5.89 Å². The van der Waals surface area contributed by atoms with Crippen LogP contribution in [0.4, 0.5) is 11.6 Å². The maximum Gasteiger partial charge on any atom is 0.230 e. The highest BCUT2D eigenvalue weighted by molar-refractivity contribution is 6.30. The monoisotopic (exact) mass is 376 g/mol. The molecule has 1 aliphatic rings. The van der Waals surface area contributed by atoms with E-state index in [0.29, 0.717) is 33.9 Å². The van der Waals surface area contributed by atoms with Crippen LogP contribution in [0, 0.1) is 25.2 Å². The predicted octanol–water partition coefficient (Wildman–Crippen LogP) is 4.92. The highest BCUT2D eigenvalue weighted by Gasteiger charge is 2.38. The van der Waals surface area contributed by atoms with Crippen molar-refractivity contribution in [3.63, 3.8) is 0 Å². The topological polar surface area (TPSA) is 79.1 Å². The molecule has 0 aliphatic carbocycles. The van der Waals surface area contributed by atoms with E-state index in [2.05, 4.69) is 11.1 Å². The molecule has 0 saturated heterocycles. The fourth-order valence-corrected chi connectivity index (χ4v) is 3.47. The summed E-state index contributed by atoms with van der Waals surface area (Å²) in [6.07, 6.45) is 0. The minimum absolute atomic E-state index is 0.338. The van der Waals surface area contributed by atoms with Crippen molar-refractivity contribution >= 4 is 23.2 Å². The van der Waals surface area contributed by atoms with Crippen molar-refractivity contribution in [3.8, 4) is 6.07 Å². The number of fused-ring (bicyclic) bond motifs is 1. The summed E-state index contributed by atoms with van der Waals surface area (Å²) in [5.41, 5.74) is 10.4. The molecule has 4 rings (SSSR count). The Labute approximate surface area is 162 Å². The summed E-state index contributed by atoms with van der Waals surface area (Å²) in [6.45, 7) is 3.80. The average molecular weight is 377 g/mol. The van der Waals surface area contributed by atoms with E-state index in [4.69, 9.17) is 21.8 Å². The Morgan fingerprint density at radius 3 is 2.41 bits per heavy atom. The minimum atomic E-state index is -0.401. The molecule has 3 aromatic rings. The van der Waals surface area contributed by atoms with E-state index in [0.717, 1.165) is 16.8 Å². The van der Waals surface area contributed by atoms with Crippen LogP contribution >= 0.6 is 11.6 Å². The summed E-state index contributed by atoms with van der Waals surface area (Å²) in [4.78, 5) is 6.32. The lowest BCUT2D eigenvalue weighted by molar-refractivity contribution is 0.522. The van der Waals surface area contributed by atoms with Gasteiger partial charge in [-0.3, -0.25) is 4.90 Å². The highest BCUT2D eigenvalue weighted by atomic mass is 35.5. The van der Waals surface area contributed by atoms with Crippen molar-refractivity contribution in [2.24, 2.45) is 5.73 Å². The lowest BCUT2D eigenvalue weighted by atomic mass is 9.86. The van der Waals surface area contributed by atoms with Crippen molar-refractivity contribution in [2.75, 3.05) is 4.90 Å². The van der Waals surface area contributed by atoms with Crippen molar-refractivity contribution in [3.05, 3.63) is 87.7 Å². The van der Waals surface area contributed by atoms with Gasteiger partial charge in [0.25, 0.3) is 0 Å². The number of oxazole rings is 1. The van der Waals surface area contributed by atoms with E-state index in [9.17, 15) is 5.26 Å². The SMILES string of the molecule is Cc1ccc(N2C(N)=C(C#N)C(c3ccc(Cl)cc3)c3nc(C)oc32)cc1. The van der Waals surface area contributed by atoms with Crippen LogP contribution in [0.5, 0.6) is 0 Å². The van der Waals surface area contributed by atoms with Crippen molar-refractivity contribution in [2.45, 2.75) is 19.8 Å². The van der Waals surface area contributed by atoms with Gasteiger partial charge in [-0.15, -0.1) is 0 Å². The molecule has 0 spiro atoms. The second kappa shape index (κ2) is 6.49. The maximum absolute atomic E-state index is 9.89. The zero-order valence-electron chi connectivity index (χ0n) is 14.9. The molecule has 0 amide bonds. The third-order valence-electron chi connectivity index (χ3n) is 4.64. The quantitative estimate of drug-likeness (QED) is 0.686. The van der Waals surface area contributed by atoms with Crippen LogP contribution in [0.2, 0.25) is 5.02 Å². The Morgan fingerprint density at radius 1 is 1.11 bits per heavy atom. The maximum atomic E-state index is 9.89. The predicted molar refractivity (Wildman–Crippen MR) is 105 cm³/mol. The highest BCUT2D eigenvalue weighted by Crippen LogP contribution is 2.46. The van der Waals surface area contributed by atoms with E-state index in [-0.39, 0.29) is 0 Å². The first kappa shape index (κ1) is 17.2. The van der Waals surface area contributed by atoms with Crippen LogP contribution in [0.1, 0.15) is 28.6 Å². The van der Waals surface area contributed by atoms with Crippen molar-refractivity contribution < 1.29 is 4.42 Å². The zero-order valence-corrected chi connectivity index (χ0v) is 15.7. The Kier molecular flexibility index (Phi) is 4.14. The molecular formula is C21H17ClN4O. The first-order valence-electron chi connectivity index (χ1n) is 8.49. The number of hydrogen-bond acceptors (Lipinski definition) is 5. The molecule has 2 N–H and O–H groups in total. The fourth-order valence-electron chi connectivity index (χ4n) is 3.35. The van der Waals surface area contributed by atoms with Crippen LogP contribution in [-0.2, 0) is 0 Å². The Bertz CT molecular complexity index is 1070. The summed E-state index contributed by atoms with van der Waals surface area (Å²) in [5.74, 6) is 0.988. The van der Waals surface area contributed by atoms with Gasteiger partial charge in [0.1, 0.15) is 11.5 Å². The molecule has 1 atom stereocenters. The van der Waals surface area contributed by atoms with Gasteiger partial charge in [-0.2, -0.15) is 5.26 Å². The summed E-state index contributed by atoms with van der Waals surface area (Å²) in [7, 11) is 0. The summed E-state index contributed by atoms with van der Waals surface area (Å²) in [5, 5.41) is 10.5. The fraction of sp³-hybridized carbons (Fsp3) is 0.143. The molecule has 5 nitrogen and oxygen atoms in total. The van der Waals surface area contributed by atoms with Crippen molar-refractivity contribution in [1.82, 2.24) is 4.98 Å². The van der Waals surface area contributed by atoms with E-state index < -0.39 is 5.92 Å². The number of nitriles is 1. The first-order chi connectivity index (χ1) is 13.0. The van der Waals surface area contributed by atoms with Crippen LogP contribution in [-0.4, -0.2) is 4.98 Å². The van der Waals surface area contributed by atoms with E-state index >= 15 is 0 Å². The number of nitrogens with two attached hydrogens (primary N) is 1. The lowest BCUT2D eigenvalue weighted by Crippen LogP contribution is -2.31. The average Bonchev–Trinajstić information content (AvgIpc) is 3.03. The van der Waals surface area contributed by atoms with Gasteiger partial charge in [0.2, 0.25) is 5.88 Å². The second-order valence-corrected chi connectivity index (χ2v) is 6.93. The zero-order chi connectivity index (χ0) is 19.1. The molecule has 2 aromatic carbocycles. The summed E-state index contributed by atoms with van der Waals surface area (Å²) < 4.78 is 5.91. The summed E-state index contributed by atoms with van der Waals surface area (Å²) in [6, 6.07) is 17.5. The molecule has 1 aromatic heterocycles. The molecule has 1 aliphatic heterocycles. The van der Waals surface area contributed by atoms with Gasteiger partial charge in [0.05, 0.1) is 23.2 Å². The molecule has 134 valence electrons. The molecule has 0 saturated carbocycles. The molecular weight excluding hydrogens is 360 g/mol. The molecule has 0 fully saturated rings. The molecule has 0 bridgehead atoms. The first-order valence-corrected chi connectivity index (χ1v) is 8.86. The standard InChI is InChI=1S/C21H17ClN4O/c1-12-3-9-16(10-4-12)26-20(24)17(11-23)18(14-5-7-15(22)8-6-14)19-21(26)27-13(2)25-19/h3-10,18H,24H2,1-2H3. The molecule has 2 heterocycles. The minimum Gasteiger partial charge on any atom is -0.424 e. The normalized spacial score (nSPS) is 16.2. The lowest BCUT2D eigenvalue weighted by Gasteiger charge is -2.31. The van der Waals surface area contributed by atoms with Gasteiger partial charge in [-0.05, 0) is 36.8 Å². The number of anilines is 2. The number of aromatic nitrogens is 1. The van der Waals surface area contributed by atoms with Gasteiger partial charge >= 0.3 is 0 Å². The second-order valence-electron chi connectivity index (χ2n) is 6.49. The van der Waals surface area contributed by atoms with Crippen LogP contribution in [0.25, 0.3) is 0 Å². The third kappa shape index (κ3) is 2.84. The molecule has 1 unspecified atom stereocenters. The number of allylic oxidation sites excluding steroid dienone is 1.